The number of hydrogen-bond acceptors (Lipinski definition) is 1. The Morgan fingerprint density at radius 2 is 1.02 bits per heavy atom. The predicted octanol–water partition coefficient (Wildman–Crippen LogP) is 15.7. The molecule has 0 aliphatic heterocycles. The Hall–Kier alpha value is -5.50. The summed E-state index contributed by atoms with van der Waals surface area (Å²) in [5, 5.41) is 7.97. The Bertz CT molecular complexity index is 2970. The summed E-state index contributed by atoms with van der Waals surface area (Å²) in [6.45, 7) is 5.10. The fourth-order valence-electron chi connectivity index (χ4n) is 12.4. The fraction of sp³-hybridized carbons (Fsp3) is 0.200. The van der Waals surface area contributed by atoms with E-state index in [9.17, 15) is 0 Å². The standard InChI is InChI=1S/C55H44S/c1-33-28-35-30-34(2)55(39(29-33)31-35)49-20-9-7-12-41(49)42-27-26-38(32-50(42)55)53-46-16-5-3-14-44(46)52(45-15-4-6-17-47(45)53)37-24-22-36(23-25-37)40-18-11-19-48-43-13-8-10-21-51(43)56-54(40)48/h3-27,32-35,39H,28-31H2,1-2H3. The first-order chi connectivity index (χ1) is 27.6. The molecule has 5 atom stereocenters. The van der Waals surface area contributed by atoms with Crippen LogP contribution in [0.3, 0.4) is 0 Å². The third-order valence-electron chi connectivity index (χ3n) is 14.4. The summed E-state index contributed by atoms with van der Waals surface area (Å²) < 4.78 is 2.71. The van der Waals surface area contributed by atoms with E-state index in [1.807, 2.05) is 11.3 Å². The maximum Gasteiger partial charge on any atom is 0.0433 e. The molecule has 2 saturated carbocycles. The smallest absolute Gasteiger partial charge is 0.0433 e. The molecule has 12 rings (SSSR count). The number of benzene rings is 8. The van der Waals surface area contributed by atoms with Gasteiger partial charge in [0.15, 0.2) is 0 Å². The van der Waals surface area contributed by atoms with Crippen LogP contribution in [0.5, 0.6) is 0 Å². The molecule has 0 N–H and O–H groups in total. The Morgan fingerprint density at radius 3 is 1.77 bits per heavy atom. The quantitative estimate of drug-likeness (QED) is 0.158. The molecule has 3 aliphatic carbocycles. The van der Waals surface area contributed by atoms with E-state index in [0.717, 1.165) is 11.8 Å². The molecule has 2 fully saturated rings. The van der Waals surface area contributed by atoms with Gasteiger partial charge in [0.05, 0.1) is 0 Å². The first kappa shape index (κ1) is 32.7. The van der Waals surface area contributed by atoms with E-state index in [-0.39, 0.29) is 5.41 Å². The molecule has 1 heteroatoms. The molecule has 56 heavy (non-hydrogen) atoms. The zero-order valence-electron chi connectivity index (χ0n) is 32.1. The number of thiophene rings is 1. The van der Waals surface area contributed by atoms with Crippen LogP contribution in [-0.4, -0.2) is 0 Å². The minimum atomic E-state index is 0.0700. The molecule has 3 aliphatic rings. The first-order valence-electron chi connectivity index (χ1n) is 20.8. The number of fused-ring (bicyclic) bond motifs is 13. The Morgan fingerprint density at radius 1 is 0.446 bits per heavy atom. The molecule has 5 unspecified atom stereocenters. The van der Waals surface area contributed by atoms with Crippen molar-refractivity contribution in [2.24, 2.45) is 23.7 Å². The highest BCUT2D eigenvalue weighted by atomic mass is 32.1. The van der Waals surface area contributed by atoms with Gasteiger partial charge in [-0.05, 0) is 139 Å². The van der Waals surface area contributed by atoms with Crippen molar-refractivity contribution >= 4 is 53.1 Å². The van der Waals surface area contributed by atoms with Gasteiger partial charge in [-0.1, -0.05) is 159 Å². The van der Waals surface area contributed by atoms with Gasteiger partial charge in [0, 0.05) is 25.6 Å². The lowest BCUT2D eigenvalue weighted by molar-refractivity contribution is 0.0426. The summed E-state index contributed by atoms with van der Waals surface area (Å²) in [6, 6.07) is 60.3. The average molecular weight is 737 g/mol. The fourth-order valence-corrected chi connectivity index (χ4v) is 13.6. The highest BCUT2D eigenvalue weighted by Crippen LogP contribution is 2.65. The zero-order valence-corrected chi connectivity index (χ0v) is 32.9. The van der Waals surface area contributed by atoms with Crippen molar-refractivity contribution < 1.29 is 0 Å². The Labute approximate surface area is 333 Å². The van der Waals surface area contributed by atoms with Crippen molar-refractivity contribution in [3.8, 4) is 44.5 Å². The molecule has 0 radical (unpaired) electrons. The largest absolute Gasteiger partial charge is 0.135 e. The molecular formula is C55H44S. The van der Waals surface area contributed by atoms with Gasteiger partial charge in [-0.2, -0.15) is 0 Å². The van der Waals surface area contributed by atoms with Gasteiger partial charge < -0.3 is 0 Å². The van der Waals surface area contributed by atoms with Crippen LogP contribution in [-0.2, 0) is 5.41 Å². The van der Waals surface area contributed by atoms with Crippen LogP contribution in [0.4, 0.5) is 0 Å². The monoisotopic (exact) mass is 736 g/mol. The highest BCUT2D eigenvalue weighted by molar-refractivity contribution is 7.26. The molecule has 0 amide bonds. The summed E-state index contributed by atoms with van der Waals surface area (Å²) in [5.41, 5.74) is 14.0. The van der Waals surface area contributed by atoms with Crippen LogP contribution in [0.15, 0.2) is 158 Å². The second-order valence-electron chi connectivity index (χ2n) is 17.4. The van der Waals surface area contributed by atoms with Gasteiger partial charge >= 0.3 is 0 Å². The van der Waals surface area contributed by atoms with E-state index in [1.54, 1.807) is 11.1 Å². The van der Waals surface area contributed by atoms with Crippen molar-refractivity contribution in [2.45, 2.75) is 44.9 Å². The second-order valence-corrected chi connectivity index (χ2v) is 18.4. The summed E-state index contributed by atoms with van der Waals surface area (Å²) in [4.78, 5) is 0. The maximum atomic E-state index is 2.66. The van der Waals surface area contributed by atoms with Gasteiger partial charge in [-0.25, -0.2) is 0 Å². The molecule has 0 nitrogen and oxygen atoms in total. The van der Waals surface area contributed by atoms with Crippen molar-refractivity contribution in [2.75, 3.05) is 0 Å². The summed E-state index contributed by atoms with van der Waals surface area (Å²) in [6.07, 6.45) is 5.43. The normalized spacial score (nSPS) is 22.6. The van der Waals surface area contributed by atoms with Crippen LogP contribution in [0.25, 0.3) is 86.2 Å². The lowest BCUT2D eigenvalue weighted by atomic mass is 9.49. The van der Waals surface area contributed by atoms with E-state index >= 15 is 0 Å². The average Bonchev–Trinajstić information content (AvgIpc) is 3.76. The lowest BCUT2D eigenvalue weighted by Crippen LogP contribution is -2.49. The van der Waals surface area contributed by atoms with Crippen LogP contribution in [0.1, 0.15) is 50.7 Å². The Balaban J connectivity index is 1.04. The second kappa shape index (κ2) is 12.2. The maximum absolute atomic E-state index is 2.66. The molecule has 2 bridgehead atoms. The third-order valence-corrected chi connectivity index (χ3v) is 15.6. The van der Waals surface area contributed by atoms with Crippen LogP contribution in [0.2, 0.25) is 0 Å². The van der Waals surface area contributed by atoms with Crippen LogP contribution >= 0.6 is 11.3 Å². The van der Waals surface area contributed by atoms with Crippen molar-refractivity contribution in [1.82, 2.24) is 0 Å². The minimum absolute atomic E-state index is 0.0700. The van der Waals surface area contributed by atoms with Gasteiger partial charge in [-0.3, -0.25) is 0 Å². The van der Waals surface area contributed by atoms with Crippen LogP contribution < -0.4 is 0 Å². The van der Waals surface area contributed by atoms with E-state index in [4.69, 9.17) is 0 Å². The predicted molar refractivity (Wildman–Crippen MR) is 241 cm³/mol. The van der Waals surface area contributed by atoms with E-state index < -0.39 is 0 Å². The molecule has 0 saturated heterocycles. The topological polar surface area (TPSA) is 0 Å². The molecule has 8 aromatic carbocycles. The summed E-state index contributed by atoms with van der Waals surface area (Å²) >= 11 is 1.90. The molecule has 1 spiro atoms. The third kappa shape index (κ3) is 4.53. The van der Waals surface area contributed by atoms with Crippen LogP contribution in [0, 0.1) is 23.7 Å². The molecule has 1 aromatic heterocycles. The van der Waals surface area contributed by atoms with E-state index in [2.05, 4.69) is 172 Å². The van der Waals surface area contributed by atoms with Gasteiger partial charge in [0.2, 0.25) is 0 Å². The van der Waals surface area contributed by atoms with Crippen molar-refractivity contribution in [3.05, 3.63) is 169 Å². The molecule has 9 aromatic rings. The summed E-state index contributed by atoms with van der Waals surface area (Å²) in [7, 11) is 0. The Kier molecular flexibility index (Phi) is 7.16. The molecule has 270 valence electrons. The highest BCUT2D eigenvalue weighted by Gasteiger charge is 2.56. The minimum Gasteiger partial charge on any atom is -0.135 e. The van der Waals surface area contributed by atoms with Gasteiger partial charge in [0.1, 0.15) is 0 Å². The van der Waals surface area contributed by atoms with Gasteiger partial charge in [-0.15, -0.1) is 11.3 Å². The zero-order chi connectivity index (χ0) is 37.1. The molecular weight excluding hydrogens is 693 g/mol. The first-order valence-corrected chi connectivity index (χ1v) is 21.6. The molecule has 1 heterocycles. The summed E-state index contributed by atoms with van der Waals surface area (Å²) in [5.74, 6) is 2.95. The number of rotatable bonds is 3. The van der Waals surface area contributed by atoms with Crippen molar-refractivity contribution in [3.63, 3.8) is 0 Å². The SMILES string of the molecule is CC1CC2CC(C)C3(c4ccccc4-c4ccc(-c5c6ccccc6c(-c6ccc(-c7cccc8c7sc7ccccc78)cc6)c6ccccc56)cc43)C(C1)C2. The van der Waals surface area contributed by atoms with Gasteiger partial charge in [0.25, 0.3) is 0 Å². The van der Waals surface area contributed by atoms with Crippen molar-refractivity contribution in [1.29, 1.82) is 0 Å². The number of hydrogen-bond donors (Lipinski definition) is 0. The lowest BCUT2D eigenvalue weighted by Gasteiger charge is -2.54. The van der Waals surface area contributed by atoms with E-state index in [1.165, 1.54) is 112 Å². The van der Waals surface area contributed by atoms with E-state index in [0.29, 0.717) is 11.8 Å².